The zero-order valence-corrected chi connectivity index (χ0v) is 26.7. The number of rotatable bonds is 10. The number of aliphatic hydroxyl groups is 2. The summed E-state index contributed by atoms with van der Waals surface area (Å²) in [5.74, 6) is -0.278. The second-order valence-electron chi connectivity index (χ2n) is 12.5. The van der Waals surface area contributed by atoms with Crippen molar-refractivity contribution in [2.24, 2.45) is 0 Å². The van der Waals surface area contributed by atoms with Gasteiger partial charge < -0.3 is 25.0 Å². The lowest BCUT2D eigenvalue weighted by Gasteiger charge is -2.38. The summed E-state index contributed by atoms with van der Waals surface area (Å²) in [4.78, 5) is 24.2. The van der Waals surface area contributed by atoms with Crippen LogP contribution < -0.4 is 5.32 Å². The number of fused-ring (bicyclic) bond motifs is 1. The number of aromatic nitrogens is 2. The molecule has 4 aromatic carbocycles. The zero-order valence-electron chi connectivity index (χ0n) is 26.7. The van der Waals surface area contributed by atoms with E-state index in [0.29, 0.717) is 18.5 Å². The fourth-order valence-electron chi connectivity index (χ4n) is 6.75. The number of ether oxygens (including phenoxy) is 2. The van der Waals surface area contributed by atoms with Crippen LogP contribution in [0.4, 0.5) is 0 Å². The summed E-state index contributed by atoms with van der Waals surface area (Å²) in [6.07, 6.45) is 3.47. The van der Waals surface area contributed by atoms with Gasteiger partial charge in [0.15, 0.2) is 6.29 Å². The van der Waals surface area contributed by atoms with E-state index in [4.69, 9.17) is 9.47 Å². The Morgan fingerprint density at radius 3 is 2.42 bits per heavy atom. The molecular weight excluding hydrogens is 604 g/mol. The van der Waals surface area contributed by atoms with Crippen molar-refractivity contribution in [1.82, 2.24) is 20.2 Å². The van der Waals surface area contributed by atoms with Crippen LogP contribution in [-0.2, 0) is 22.6 Å². The van der Waals surface area contributed by atoms with Gasteiger partial charge in [-0.1, -0.05) is 84.9 Å². The van der Waals surface area contributed by atoms with Crippen molar-refractivity contribution in [3.8, 4) is 11.1 Å². The number of aliphatic hydroxyl groups excluding tert-OH is 2. The Morgan fingerprint density at radius 1 is 0.875 bits per heavy atom. The summed E-state index contributed by atoms with van der Waals surface area (Å²) in [7, 11) is 0. The predicted octanol–water partition coefficient (Wildman–Crippen LogP) is 5.72. The normalized spacial score (nSPS) is 21.4. The molecule has 4 atom stereocenters. The van der Waals surface area contributed by atoms with Gasteiger partial charge in [0.1, 0.15) is 5.69 Å². The van der Waals surface area contributed by atoms with E-state index in [1.807, 2.05) is 78.9 Å². The number of nitrogens with zero attached hydrogens (tertiary/aromatic N) is 3. The van der Waals surface area contributed by atoms with Crippen LogP contribution >= 0.6 is 0 Å². The Labute approximate surface area is 280 Å². The van der Waals surface area contributed by atoms with Crippen molar-refractivity contribution >= 4 is 16.9 Å². The van der Waals surface area contributed by atoms with Crippen LogP contribution in [0.3, 0.4) is 0 Å². The van der Waals surface area contributed by atoms with Crippen LogP contribution in [0.25, 0.3) is 22.2 Å². The molecule has 4 unspecified atom stereocenters. The number of carbonyl (C=O) groups excluding carboxylic acids is 1. The minimum absolute atomic E-state index is 0.00133. The first-order valence-corrected chi connectivity index (χ1v) is 16.6. The highest BCUT2D eigenvalue weighted by atomic mass is 16.7. The average Bonchev–Trinajstić information content (AvgIpc) is 3.60. The van der Waals surface area contributed by atoms with Crippen molar-refractivity contribution in [3.05, 3.63) is 131 Å². The summed E-state index contributed by atoms with van der Waals surface area (Å²) in [6, 6.07) is 31.8. The molecule has 1 amide bonds. The van der Waals surface area contributed by atoms with Gasteiger partial charge in [-0.2, -0.15) is 0 Å². The van der Waals surface area contributed by atoms with E-state index in [2.05, 4.69) is 38.4 Å². The van der Waals surface area contributed by atoms with Gasteiger partial charge >= 0.3 is 0 Å². The molecule has 5 aromatic rings. The molecule has 9 heteroatoms. The lowest BCUT2D eigenvalue weighted by Crippen LogP contribution is -2.42. The lowest BCUT2D eigenvalue weighted by atomic mass is 9.97. The SMILES string of the molecule is O=C(NCc1ccccc1-c1ccc(C2OC(CN3CCCC3CO)CC(c3ccc(CO)cc3)O2)cc1)c1cnc2ccccc2n1. The third-order valence-corrected chi connectivity index (χ3v) is 9.39. The molecule has 2 saturated heterocycles. The smallest absolute Gasteiger partial charge is 0.271 e. The van der Waals surface area contributed by atoms with E-state index in [1.165, 1.54) is 6.20 Å². The highest BCUT2D eigenvalue weighted by Crippen LogP contribution is 2.39. The van der Waals surface area contributed by atoms with E-state index in [-0.39, 0.29) is 43.1 Å². The molecular formula is C39H40N4O5. The van der Waals surface area contributed by atoms with Crippen molar-refractivity contribution in [2.75, 3.05) is 19.7 Å². The van der Waals surface area contributed by atoms with Crippen LogP contribution in [0, 0.1) is 0 Å². The maximum Gasteiger partial charge on any atom is 0.271 e. The second kappa shape index (κ2) is 14.7. The number of benzene rings is 4. The summed E-state index contributed by atoms with van der Waals surface area (Å²) < 4.78 is 13.2. The molecule has 2 aliphatic rings. The van der Waals surface area contributed by atoms with Crippen molar-refractivity contribution in [1.29, 1.82) is 0 Å². The molecule has 246 valence electrons. The Balaban J connectivity index is 1.07. The first kappa shape index (κ1) is 32.1. The number of nitrogens with one attached hydrogen (secondary N) is 1. The number of hydrogen-bond donors (Lipinski definition) is 3. The van der Waals surface area contributed by atoms with Crippen LogP contribution in [-0.4, -0.2) is 62.8 Å². The summed E-state index contributed by atoms with van der Waals surface area (Å²) in [5, 5.41) is 22.5. The molecule has 0 radical (unpaired) electrons. The monoisotopic (exact) mass is 644 g/mol. The standard InChI is InChI=1S/C39H40N4O5/c44-24-26-11-13-28(14-12-26)37-20-32(23-43-19-5-7-31(43)25-45)47-39(48-37)29-17-15-27(16-18-29)33-8-2-1-6-30(33)21-41-38(46)36-22-40-34-9-3-4-10-35(34)42-36/h1-4,6,8-18,22,31-32,37,39,44-45H,5,7,19-21,23-25H2,(H,41,46). The van der Waals surface area contributed by atoms with Crippen LogP contribution in [0.15, 0.2) is 103 Å². The van der Waals surface area contributed by atoms with Gasteiger partial charge in [-0.05, 0) is 59.3 Å². The number of hydrogen-bond acceptors (Lipinski definition) is 8. The molecule has 1 aromatic heterocycles. The van der Waals surface area contributed by atoms with Gasteiger partial charge in [0.25, 0.3) is 5.91 Å². The molecule has 48 heavy (non-hydrogen) atoms. The maximum atomic E-state index is 13.0. The van der Waals surface area contributed by atoms with Gasteiger partial charge in [-0.15, -0.1) is 0 Å². The van der Waals surface area contributed by atoms with Crippen LogP contribution in [0.2, 0.25) is 0 Å². The Kier molecular flexibility index (Phi) is 9.83. The van der Waals surface area contributed by atoms with Gasteiger partial charge in [0, 0.05) is 31.1 Å². The molecule has 0 aliphatic carbocycles. The third kappa shape index (κ3) is 7.16. The number of likely N-dealkylation sites (tertiary alicyclic amines) is 1. The minimum Gasteiger partial charge on any atom is -0.395 e. The van der Waals surface area contributed by atoms with Crippen molar-refractivity contribution < 1.29 is 24.5 Å². The van der Waals surface area contributed by atoms with Crippen LogP contribution in [0.5, 0.6) is 0 Å². The number of carbonyl (C=O) groups is 1. The summed E-state index contributed by atoms with van der Waals surface area (Å²) in [6.45, 7) is 2.18. The van der Waals surface area contributed by atoms with Gasteiger partial charge in [0.05, 0.1) is 42.7 Å². The fraction of sp³-hybridized carbons (Fsp3) is 0.308. The molecule has 7 rings (SSSR count). The molecule has 3 heterocycles. The largest absolute Gasteiger partial charge is 0.395 e. The first-order valence-electron chi connectivity index (χ1n) is 16.6. The first-order chi connectivity index (χ1) is 23.6. The summed E-state index contributed by atoms with van der Waals surface area (Å²) >= 11 is 0. The van der Waals surface area contributed by atoms with E-state index < -0.39 is 6.29 Å². The number of amides is 1. The Morgan fingerprint density at radius 2 is 1.62 bits per heavy atom. The topological polar surface area (TPSA) is 117 Å². The molecule has 2 aliphatic heterocycles. The van der Waals surface area contributed by atoms with Gasteiger partial charge in [0.2, 0.25) is 0 Å². The quantitative estimate of drug-likeness (QED) is 0.177. The van der Waals surface area contributed by atoms with E-state index in [0.717, 1.165) is 64.8 Å². The fourth-order valence-corrected chi connectivity index (χ4v) is 6.75. The predicted molar refractivity (Wildman–Crippen MR) is 183 cm³/mol. The third-order valence-electron chi connectivity index (χ3n) is 9.39. The van der Waals surface area contributed by atoms with E-state index in [9.17, 15) is 15.0 Å². The highest BCUT2D eigenvalue weighted by molar-refractivity contribution is 5.93. The molecule has 0 bridgehead atoms. The zero-order chi connectivity index (χ0) is 32.9. The Bertz CT molecular complexity index is 1850. The molecule has 0 saturated carbocycles. The highest BCUT2D eigenvalue weighted by Gasteiger charge is 2.35. The lowest BCUT2D eigenvalue weighted by molar-refractivity contribution is -0.253. The van der Waals surface area contributed by atoms with Crippen LogP contribution in [0.1, 0.15) is 64.4 Å². The average molecular weight is 645 g/mol. The Hall–Kier alpha value is -4.51. The second-order valence-corrected chi connectivity index (χ2v) is 12.5. The molecule has 3 N–H and O–H groups in total. The van der Waals surface area contributed by atoms with Gasteiger partial charge in [-0.25, -0.2) is 4.98 Å². The minimum atomic E-state index is -0.562. The molecule has 2 fully saturated rings. The van der Waals surface area contributed by atoms with Gasteiger partial charge in [-0.3, -0.25) is 14.7 Å². The van der Waals surface area contributed by atoms with Crippen molar-refractivity contribution in [3.63, 3.8) is 0 Å². The molecule has 0 spiro atoms. The number of para-hydroxylation sites is 2. The maximum absolute atomic E-state index is 13.0. The van der Waals surface area contributed by atoms with Crippen molar-refractivity contribution in [2.45, 2.75) is 57.0 Å². The van der Waals surface area contributed by atoms with E-state index in [1.54, 1.807) is 0 Å². The van der Waals surface area contributed by atoms with E-state index >= 15 is 0 Å². The molecule has 9 nitrogen and oxygen atoms in total. The summed E-state index contributed by atoms with van der Waals surface area (Å²) in [5.41, 5.74) is 7.54.